The molecule has 1 nitrogen and oxygen atoms in total. The lowest BCUT2D eigenvalue weighted by atomic mass is 9.89. The molecule has 0 heterocycles. The van der Waals surface area contributed by atoms with Crippen LogP contribution in [0.1, 0.15) is 38.7 Å². The molecule has 3 heteroatoms. The number of hydrogen-bond donors (Lipinski definition) is 1. The molecule has 1 saturated carbocycles. The third-order valence-electron chi connectivity index (χ3n) is 4.09. The highest BCUT2D eigenvalue weighted by Crippen LogP contribution is 2.34. The minimum absolute atomic E-state index is 0.173. The molecular formula is C16H23BrFN. The van der Waals surface area contributed by atoms with E-state index in [1.165, 1.54) is 24.8 Å². The highest BCUT2D eigenvalue weighted by atomic mass is 79.9. The van der Waals surface area contributed by atoms with Gasteiger partial charge in [-0.15, -0.1) is 0 Å². The molecule has 0 spiro atoms. The van der Waals surface area contributed by atoms with E-state index in [0.29, 0.717) is 10.5 Å². The van der Waals surface area contributed by atoms with Gasteiger partial charge in [-0.2, -0.15) is 0 Å². The first kappa shape index (κ1) is 15.0. The Morgan fingerprint density at radius 1 is 1.32 bits per heavy atom. The normalized spacial score (nSPS) is 23.2. The van der Waals surface area contributed by atoms with E-state index in [9.17, 15) is 4.39 Å². The molecule has 0 amide bonds. The van der Waals surface area contributed by atoms with Crippen molar-refractivity contribution in [3.8, 4) is 0 Å². The van der Waals surface area contributed by atoms with Gasteiger partial charge in [-0.1, -0.05) is 26.3 Å². The van der Waals surface area contributed by atoms with Crippen LogP contribution in [0.3, 0.4) is 0 Å². The predicted octanol–water partition coefficient (Wildman–Crippen LogP) is 4.55. The summed E-state index contributed by atoms with van der Waals surface area (Å²) in [6.45, 7) is 5.51. The Morgan fingerprint density at radius 2 is 2.05 bits per heavy atom. The van der Waals surface area contributed by atoms with Gasteiger partial charge in [0.2, 0.25) is 0 Å². The molecular weight excluding hydrogens is 305 g/mol. The highest BCUT2D eigenvalue weighted by Gasteiger charge is 2.27. The Balaban J connectivity index is 1.95. The Kier molecular flexibility index (Phi) is 5.40. The van der Waals surface area contributed by atoms with Crippen molar-refractivity contribution in [3.63, 3.8) is 0 Å². The van der Waals surface area contributed by atoms with Gasteiger partial charge in [-0.3, -0.25) is 0 Å². The van der Waals surface area contributed by atoms with Crippen molar-refractivity contribution < 1.29 is 4.39 Å². The van der Waals surface area contributed by atoms with Crippen molar-refractivity contribution in [2.24, 2.45) is 11.8 Å². The maximum absolute atomic E-state index is 13.2. The zero-order valence-corrected chi connectivity index (χ0v) is 13.3. The summed E-state index contributed by atoms with van der Waals surface area (Å²) in [7, 11) is 0. The van der Waals surface area contributed by atoms with E-state index in [2.05, 4.69) is 35.1 Å². The average Bonchev–Trinajstić information content (AvgIpc) is 2.79. The third-order valence-corrected chi connectivity index (χ3v) is 4.69. The summed E-state index contributed by atoms with van der Waals surface area (Å²) in [6.07, 6.45) is 5.03. The SMILES string of the molecule is CC(C)NCC1CCCC1Cc1ccc(F)c(Br)c1. The Bertz CT molecular complexity index is 419. The topological polar surface area (TPSA) is 12.0 Å². The van der Waals surface area contributed by atoms with Crippen molar-refractivity contribution >= 4 is 15.9 Å². The highest BCUT2D eigenvalue weighted by molar-refractivity contribution is 9.10. The van der Waals surface area contributed by atoms with Gasteiger partial charge in [0, 0.05) is 6.04 Å². The smallest absolute Gasteiger partial charge is 0.137 e. The van der Waals surface area contributed by atoms with E-state index in [4.69, 9.17) is 0 Å². The van der Waals surface area contributed by atoms with Crippen LogP contribution in [-0.4, -0.2) is 12.6 Å². The molecule has 0 saturated heterocycles. The zero-order chi connectivity index (χ0) is 13.8. The first-order valence-electron chi connectivity index (χ1n) is 7.23. The molecule has 2 atom stereocenters. The van der Waals surface area contributed by atoms with Gasteiger partial charge < -0.3 is 5.32 Å². The first-order chi connectivity index (χ1) is 9.06. The lowest BCUT2D eigenvalue weighted by Crippen LogP contribution is -2.31. The van der Waals surface area contributed by atoms with Crippen molar-refractivity contribution in [1.29, 1.82) is 0 Å². The minimum atomic E-state index is -0.173. The van der Waals surface area contributed by atoms with Crippen LogP contribution in [-0.2, 0) is 6.42 Å². The molecule has 0 aromatic heterocycles. The first-order valence-corrected chi connectivity index (χ1v) is 8.03. The minimum Gasteiger partial charge on any atom is -0.314 e. The van der Waals surface area contributed by atoms with Gasteiger partial charge in [0.15, 0.2) is 0 Å². The second kappa shape index (κ2) is 6.85. The third kappa shape index (κ3) is 4.28. The fourth-order valence-corrected chi connectivity index (χ4v) is 3.43. The lowest BCUT2D eigenvalue weighted by molar-refractivity contribution is 0.354. The molecule has 2 rings (SSSR count). The molecule has 106 valence electrons. The second-order valence-electron chi connectivity index (χ2n) is 5.97. The molecule has 1 aliphatic rings. The molecule has 0 bridgehead atoms. The number of nitrogens with one attached hydrogen (secondary N) is 1. The number of rotatable bonds is 5. The van der Waals surface area contributed by atoms with Crippen molar-refractivity contribution in [2.75, 3.05) is 6.54 Å². The van der Waals surface area contributed by atoms with Gasteiger partial charge in [-0.05, 0) is 71.3 Å². The van der Waals surface area contributed by atoms with E-state index in [1.54, 1.807) is 6.07 Å². The van der Waals surface area contributed by atoms with Crippen molar-refractivity contribution in [1.82, 2.24) is 5.32 Å². The van der Waals surface area contributed by atoms with Crippen molar-refractivity contribution in [2.45, 2.75) is 45.6 Å². The summed E-state index contributed by atoms with van der Waals surface area (Å²) in [5.74, 6) is 1.34. The Hall–Kier alpha value is -0.410. The van der Waals surface area contributed by atoms with Crippen LogP contribution < -0.4 is 5.32 Å². The fraction of sp³-hybridized carbons (Fsp3) is 0.625. The second-order valence-corrected chi connectivity index (χ2v) is 6.82. The predicted molar refractivity (Wildman–Crippen MR) is 81.8 cm³/mol. The van der Waals surface area contributed by atoms with Crippen LogP contribution in [0.2, 0.25) is 0 Å². The number of benzene rings is 1. The van der Waals surface area contributed by atoms with E-state index in [1.807, 2.05) is 12.1 Å². The van der Waals surface area contributed by atoms with E-state index < -0.39 is 0 Å². The van der Waals surface area contributed by atoms with Gasteiger partial charge >= 0.3 is 0 Å². The molecule has 1 fully saturated rings. The van der Waals surface area contributed by atoms with E-state index >= 15 is 0 Å². The molecule has 2 unspecified atom stereocenters. The molecule has 19 heavy (non-hydrogen) atoms. The van der Waals surface area contributed by atoms with Crippen LogP contribution in [0.25, 0.3) is 0 Å². The van der Waals surface area contributed by atoms with Crippen LogP contribution in [0, 0.1) is 17.7 Å². The van der Waals surface area contributed by atoms with Gasteiger partial charge in [0.1, 0.15) is 5.82 Å². The molecule has 1 N–H and O–H groups in total. The molecule has 0 radical (unpaired) electrons. The zero-order valence-electron chi connectivity index (χ0n) is 11.8. The largest absolute Gasteiger partial charge is 0.314 e. The summed E-state index contributed by atoms with van der Waals surface area (Å²) >= 11 is 3.27. The quantitative estimate of drug-likeness (QED) is 0.836. The van der Waals surface area contributed by atoms with Crippen LogP contribution >= 0.6 is 15.9 Å². The number of hydrogen-bond acceptors (Lipinski definition) is 1. The molecule has 1 aromatic carbocycles. The Labute approximate surface area is 124 Å². The summed E-state index contributed by atoms with van der Waals surface area (Å²) in [4.78, 5) is 0. The maximum Gasteiger partial charge on any atom is 0.137 e. The summed E-state index contributed by atoms with van der Waals surface area (Å²) < 4.78 is 13.8. The molecule has 0 aliphatic heterocycles. The van der Waals surface area contributed by atoms with E-state index in [-0.39, 0.29) is 5.82 Å². The number of halogens is 2. The monoisotopic (exact) mass is 327 g/mol. The molecule has 1 aliphatic carbocycles. The summed E-state index contributed by atoms with van der Waals surface area (Å²) in [5, 5.41) is 3.55. The van der Waals surface area contributed by atoms with Crippen LogP contribution in [0.4, 0.5) is 4.39 Å². The van der Waals surface area contributed by atoms with E-state index in [0.717, 1.165) is 24.8 Å². The summed E-state index contributed by atoms with van der Waals surface area (Å²) in [6, 6.07) is 5.98. The lowest BCUT2D eigenvalue weighted by Gasteiger charge is -2.21. The van der Waals surface area contributed by atoms with Crippen LogP contribution in [0.5, 0.6) is 0 Å². The fourth-order valence-electron chi connectivity index (χ4n) is 3.01. The Morgan fingerprint density at radius 3 is 2.74 bits per heavy atom. The van der Waals surface area contributed by atoms with Gasteiger partial charge in [0.05, 0.1) is 4.47 Å². The maximum atomic E-state index is 13.2. The summed E-state index contributed by atoms with van der Waals surface area (Å²) in [5.41, 5.74) is 1.25. The average molecular weight is 328 g/mol. The standard InChI is InChI=1S/C16H23BrFN/c1-11(2)19-10-14-5-3-4-13(14)8-12-6-7-16(18)15(17)9-12/h6-7,9,11,13-14,19H,3-5,8,10H2,1-2H3. The van der Waals surface area contributed by atoms with Gasteiger partial charge in [0.25, 0.3) is 0 Å². The van der Waals surface area contributed by atoms with Gasteiger partial charge in [-0.25, -0.2) is 4.39 Å². The van der Waals surface area contributed by atoms with Crippen LogP contribution in [0.15, 0.2) is 22.7 Å². The van der Waals surface area contributed by atoms with Crippen molar-refractivity contribution in [3.05, 3.63) is 34.1 Å². The molecule has 1 aromatic rings.